The average Bonchev–Trinajstić information content (AvgIpc) is 2.50. The summed E-state index contributed by atoms with van der Waals surface area (Å²) in [4.78, 5) is 9.92. The van der Waals surface area contributed by atoms with Crippen molar-refractivity contribution in [2.75, 3.05) is 6.54 Å². The van der Waals surface area contributed by atoms with E-state index in [1.165, 1.54) is 83.5 Å². The Kier molecular flexibility index (Phi) is 18.5. The van der Waals surface area contributed by atoms with Crippen molar-refractivity contribution in [2.45, 2.75) is 96.8 Å². The highest BCUT2D eigenvalue weighted by molar-refractivity contribution is 5.46. The van der Waals surface area contributed by atoms with Crippen LogP contribution in [0.5, 0.6) is 0 Å². The molecule has 1 N–H and O–H groups in total. The van der Waals surface area contributed by atoms with Gasteiger partial charge in [-0.15, -0.1) is 0 Å². The summed E-state index contributed by atoms with van der Waals surface area (Å²) in [5, 5.41) is 2.58. The van der Waals surface area contributed by atoms with Crippen LogP contribution in [-0.4, -0.2) is 13.0 Å². The lowest BCUT2D eigenvalue weighted by atomic mass is 10.1. The minimum absolute atomic E-state index is 0.782. The summed E-state index contributed by atoms with van der Waals surface area (Å²) < 4.78 is 0. The Balaban J connectivity index is 3.03. The fraction of sp³-hybridized carbons (Fsp3) is 0.842. The Labute approximate surface area is 132 Å². The van der Waals surface area contributed by atoms with Gasteiger partial charge in [-0.05, 0) is 32.1 Å². The maximum Gasteiger partial charge on any atom is 0.309 e. The van der Waals surface area contributed by atoms with Crippen LogP contribution < -0.4 is 5.32 Å². The first-order valence-corrected chi connectivity index (χ1v) is 9.16. The molecular weight excluding hydrogens is 258 g/mol. The van der Waals surface area contributed by atoms with Crippen LogP contribution in [0.3, 0.4) is 0 Å². The maximum atomic E-state index is 9.92. The standard InChI is InChI=1S/C19H36NO/c1-2-3-4-5-6-7-8-9-10-11-12-13-14-15-16-17-18-20-19-21/h9-10H,2-8,11-18H2,1H3,(H,20,21)/b10-9-. The second-order valence-corrected chi connectivity index (χ2v) is 5.97. The van der Waals surface area contributed by atoms with E-state index in [-0.39, 0.29) is 0 Å². The number of hydrogen-bond acceptors (Lipinski definition) is 1. The van der Waals surface area contributed by atoms with Crippen molar-refractivity contribution in [3.63, 3.8) is 0 Å². The van der Waals surface area contributed by atoms with Crippen LogP contribution in [0, 0.1) is 0 Å². The Bertz CT molecular complexity index is 226. The number of amides is 1. The molecule has 21 heavy (non-hydrogen) atoms. The minimum Gasteiger partial charge on any atom is -0.348 e. The molecule has 0 aromatic carbocycles. The molecule has 0 heterocycles. The molecule has 2 heteroatoms. The number of carbonyl (C=O) groups excluding carboxylic acids is 1. The molecule has 0 aromatic heterocycles. The molecule has 0 spiro atoms. The Morgan fingerprint density at radius 2 is 1.19 bits per heavy atom. The van der Waals surface area contributed by atoms with E-state index in [4.69, 9.17) is 0 Å². The maximum absolute atomic E-state index is 9.92. The Morgan fingerprint density at radius 1 is 0.714 bits per heavy atom. The zero-order valence-corrected chi connectivity index (χ0v) is 14.2. The molecule has 0 atom stereocenters. The van der Waals surface area contributed by atoms with Crippen LogP contribution in [0.15, 0.2) is 12.2 Å². The molecule has 0 aliphatic rings. The number of unbranched alkanes of at least 4 members (excludes halogenated alkanes) is 12. The van der Waals surface area contributed by atoms with Gasteiger partial charge < -0.3 is 5.32 Å². The minimum atomic E-state index is 0.782. The number of nitrogens with one attached hydrogen (secondary N) is 1. The third kappa shape index (κ3) is 19.2. The van der Waals surface area contributed by atoms with Crippen LogP contribution in [0.2, 0.25) is 0 Å². The van der Waals surface area contributed by atoms with E-state index in [0.29, 0.717) is 0 Å². The second kappa shape index (κ2) is 19.2. The van der Waals surface area contributed by atoms with Gasteiger partial charge in [0.1, 0.15) is 0 Å². The van der Waals surface area contributed by atoms with Crippen molar-refractivity contribution >= 4 is 6.41 Å². The highest BCUT2D eigenvalue weighted by Crippen LogP contribution is 2.09. The summed E-state index contributed by atoms with van der Waals surface area (Å²) >= 11 is 0. The van der Waals surface area contributed by atoms with E-state index >= 15 is 0 Å². The van der Waals surface area contributed by atoms with Crippen molar-refractivity contribution < 1.29 is 4.79 Å². The van der Waals surface area contributed by atoms with E-state index in [1.807, 2.05) is 0 Å². The third-order valence-electron chi connectivity index (χ3n) is 3.89. The first-order chi connectivity index (χ1) is 10.4. The van der Waals surface area contributed by atoms with Gasteiger partial charge in [-0.3, -0.25) is 4.79 Å². The highest BCUT2D eigenvalue weighted by Gasteiger charge is 1.91. The lowest BCUT2D eigenvalue weighted by Crippen LogP contribution is -2.11. The highest BCUT2D eigenvalue weighted by atomic mass is 16.1. The van der Waals surface area contributed by atoms with Gasteiger partial charge in [0.05, 0.1) is 0 Å². The van der Waals surface area contributed by atoms with Gasteiger partial charge >= 0.3 is 6.41 Å². The summed E-state index contributed by atoms with van der Waals surface area (Å²) in [6.07, 6.45) is 24.9. The van der Waals surface area contributed by atoms with Gasteiger partial charge in [-0.1, -0.05) is 76.9 Å². The quantitative estimate of drug-likeness (QED) is 0.209. The van der Waals surface area contributed by atoms with E-state index in [1.54, 1.807) is 6.41 Å². The van der Waals surface area contributed by atoms with E-state index in [9.17, 15) is 4.79 Å². The zero-order valence-electron chi connectivity index (χ0n) is 14.2. The lowest BCUT2D eigenvalue weighted by Gasteiger charge is -2.00. The molecule has 123 valence electrons. The summed E-state index contributed by atoms with van der Waals surface area (Å²) in [6, 6.07) is 0. The monoisotopic (exact) mass is 294 g/mol. The summed E-state index contributed by atoms with van der Waals surface area (Å²) in [6.45, 7) is 3.05. The third-order valence-corrected chi connectivity index (χ3v) is 3.89. The normalized spacial score (nSPS) is 11.1. The van der Waals surface area contributed by atoms with Crippen molar-refractivity contribution in [2.24, 2.45) is 0 Å². The van der Waals surface area contributed by atoms with Crippen molar-refractivity contribution in [1.29, 1.82) is 0 Å². The largest absolute Gasteiger partial charge is 0.348 e. The Hall–Kier alpha value is -0.790. The van der Waals surface area contributed by atoms with Crippen molar-refractivity contribution in [3.05, 3.63) is 12.2 Å². The van der Waals surface area contributed by atoms with Crippen LogP contribution in [0.4, 0.5) is 0 Å². The fourth-order valence-corrected chi connectivity index (χ4v) is 2.51. The number of allylic oxidation sites excluding steroid dienone is 2. The topological polar surface area (TPSA) is 29.1 Å². The predicted molar refractivity (Wildman–Crippen MR) is 93.1 cm³/mol. The second-order valence-electron chi connectivity index (χ2n) is 5.97. The van der Waals surface area contributed by atoms with E-state index in [0.717, 1.165) is 13.0 Å². The van der Waals surface area contributed by atoms with Crippen molar-refractivity contribution in [1.82, 2.24) is 5.32 Å². The molecule has 0 aromatic rings. The molecule has 1 radical (unpaired) electrons. The van der Waals surface area contributed by atoms with Crippen molar-refractivity contribution in [3.8, 4) is 0 Å². The van der Waals surface area contributed by atoms with Gasteiger partial charge in [0.15, 0.2) is 0 Å². The molecule has 0 unspecified atom stereocenters. The molecule has 2 nitrogen and oxygen atoms in total. The predicted octanol–water partition coefficient (Wildman–Crippen LogP) is 5.68. The van der Waals surface area contributed by atoms with Gasteiger partial charge in [-0.25, -0.2) is 0 Å². The van der Waals surface area contributed by atoms with Crippen LogP contribution in [-0.2, 0) is 4.79 Å². The summed E-state index contributed by atoms with van der Waals surface area (Å²) in [7, 11) is 0. The van der Waals surface area contributed by atoms with Crippen LogP contribution in [0.1, 0.15) is 96.8 Å². The Morgan fingerprint density at radius 3 is 1.71 bits per heavy atom. The number of rotatable bonds is 17. The first kappa shape index (κ1) is 20.2. The molecule has 0 rings (SSSR count). The molecule has 0 saturated heterocycles. The molecule has 0 bridgehead atoms. The molecule has 0 saturated carbocycles. The molecule has 0 fully saturated rings. The van der Waals surface area contributed by atoms with Crippen LogP contribution >= 0.6 is 0 Å². The average molecular weight is 295 g/mol. The molecule has 1 amide bonds. The lowest BCUT2D eigenvalue weighted by molar-refractivity contribution is 0.534. The SMILES string of the molecule is CCCCCCCC/C=C\CCCCCCCCN[C]=O. The van der Waals surface area contributed by atoms with Gasteiger partial charge in [0.2, 0.25) is 0 Å². The zero-order chi connectivity index (χ0) is 15.4. The van der Waals surface area contributed by atoms with Crippen LogP contribution in [0.25, 0.3) is 0 Å². The smallest absolute Gasteiger partial charge is 0.309 e. The summed E-state index contributed by atoms with van der Waals surface area (Å²) in [5.74, 6) is 0. The van der Waals surface area contributed by atoms with E-state index < -0.39 is 0 Å². The summed E-state index contributed by atoms with van der Waals surface area (Å²) in [5.41, 5.74) is 0. The van der Waals surface area contributed by atoms with Gasteiger partial charge in [-0.2, -0.15) is 0 Å². The molecular formula is C19H36NO. The fourth-order valence-electron chi connectivity index (χ4n) is 2.51. The first-order valence-electron chi connectivity index (χ1n) is 9.16. The number of hydrogen-bond donors (Lipinski definition) is 1. The molecule has 0 aliphatic carbocycles. The molecule has 0 aliphatic heterocycles. The van der Waals surface area contributed by atoms with Gasteiger partial charge in [0.25, 0.3) is 0 Å². The van der Waals surface area contributed by atoms with Gasteiger partial charge in [0, 0.05) is 6.54 Å². The van der Waals surface area contributed by atoms with E-state index in [2.05, 4.69) is 24.4 Å².